The maximum Gasteiger partial charge on any atom is 0.234 e. The molecule has 1 N–H and O–H groups in total. The van der Waals surface area contributed by atoms with Crippen LogP contribution in [0.4, 0.5) is 0 Å². The molecule has 1 amide bonds. The lowest BCUT2D eigenvalue weighted by Crippen LogP contribution is -2.51. The molecule has 1 aliphatic heterocycles. The van der Waals surface area contributed by atoms with Crippen molar-refractivity contribution >= 4 is 5.91 Å². The highest BCUT2D eigenvalue weighted by molar-refractivity contribution is 5.78. The summed E-state index contributed by atoms with van der Waals surface area (Å²) in [6.07, 6.45) is 2.17. The van der Waals surface area contributed by atoms with Crippen LogP contribution in [0.25, 0.3) is 0 Å². The molecule has 0 aromatic heterocycles. The first-order valence-corrected chi connectivity index (χ1v) is 5.82. The summed E-state index contributed by atoms with van der Waals surface area (Å²) in [6.45, 7) is 6.28. The van der Waals surface area contributed by atoms with Crippen molar-refractivity contribution in [3.05, 3.63) is 0 Å². The monoisotopic (exact) mass is 223 g/mol. The van der Waals surface area contributed by atoms with Crippen molar-refractivity contribution in [2.75, 3.05) is 20.1 Å². The molecule has 0 aliphatic carbocycles. The summed E-state index contributed by atoms with van der Waals surface area (Å²) in [6, 6.07) is 1.88. The highest BCUT2D eigenvalue weighted by atomic mass is 16.1. The van der Waals surface area contributed by atoms with Gasteiger partial charge in [0.05, 0.1) is 6.07 Å². The van der Waals surface area contributed by atoms with Crippen molar-refractivity contribution in [1.82, 2.24) is 10.2 Å². The first-order valence-electron chi connectivity index (χ1n) is 5.82. The molecule has 0 saturated carbocycles. The Morgan fingerprint density at radius 1 is 1.50 bits per heavy atom. The van der Waals surface area contributed by atoms with Crippen LogP contribution in [-0.2, 0) is 4.79 Å². The molecule has 1 heterocycles. The predicted octanol–water partition coefficient (Wildman–Crippen LogP) is 1.14. The minimum Gasteiger partial charge on any atom is -0.350 e. The SMILES string of the molecule is CN1CCC(C(C)(C)NC(=O)CC#N)CC1. The summed E-state index contributed by atoms with van der Waals surface area (Å²) in [5, 5.41) is 11.4. The van der Waals surface area contributed by atoms with Gasteiger partial charge < -0.3 is 10.2 Å². The standard InChI is InChI=1S/C12H21N3O/c1-12(2,14-11(16)4-7-13)10-5-8-15(3)9-6-10/h10H,4-6,8-9H2,1-3H3,(H,14,16). The number of amides is 1. The summed E-state index contributed by atoms with van der Waals surface area (Å²) in [7, 11) is 2.12. The Balaban J connectivity index is 2.50. The molecule has 0 atom stereocenters. The third-order valence-corrected chi connectivity index (χ3v) is 3.44. The van der Waals surface area contributed by atoms with Crippen LogP contribution in [0.1, 0.15) is 33.1 Å². The third kappa shape index (κ3) is 3.49. The Morgan fingerprint density at radius 3 is 2.56 bits per heavy atom. The van der Waals surface area contributed by atoms with E-state index in [0.717, 1.165) is 25.9 Å². The first-order chi connectivity index (χ1) is 7.45. The Morgan fingerprint density at radius 2 is 2.06 bits per heavy atom. The van der Waals surface area contributed by atoms with Crippen molar-refractivity contribution in [1.29, 1.82) is 5.26 Å². The molecule has 90 valence electrons. The van der Waals surface area contributed by atoms with E-state index in [-0.39, 0.29) is 17.9 Å². The van der Waals surface area contributed by atoms with Crippen LogP contribution in [0.2, 0.25) is 0 Å². The summed E-state index contributed by atoms with van der Waals surface area (Å²) in [4.78, 5) is 13.7. The van der Waals surface area contributed by atoms with Crippen LogP contribution in [0.5, 0.6) is 0 Å². The smallest absolute Gasteiger partial charge is 0.234 e. The lowest BCUT2D eigenvalue weighted by atomic mass is 9.80. The second-order valence-electron chi connectivity index (χ2n) is 5.18. The van der Waals surface area contributed by atoms with Crippen molar-refractivity contribution in [3.63, 3.8) is 0 Å². The Labute approximate surface area is 97.6 Å². The lowest BCUT2D eigenvalue weighted by molar-refractivity contribution is -0.122. The zero-order valence-electron chi connectivity index (χ0n) is 10.4. The maximum atomic E-state index is 11.4. The fraction of sp³-hybridized carbons (Fsp3) is 0.833. The number of nitrogens with zero attached hydrogens (tertiary/aromatic N) is 2. The molecule has 16 heavy (non-hydrogen) atoms. The summed E-state index contributed by atoms with van der Waals surface area (Å²) in [5.41, 5.74) is -0.199. The molecule has 4 heteroatoms. The Bertz CT molecular complexity index is 285. The van der Waals surface area contributed by atoms with E-state index in [4.69, 9.17) is 5.26 Å². The van der Waals surface area contributed by atoms with E-state index in [9.17, 15) is 4.79 Å². The molecule has 0 bridgehead atoms. The van der Waals surface area contributed by atoms with Gasteiger partial charge in [-0.1, -0.05) is 0 Å². The van der Waals surface area contributed by atoms with Crippen molar-refractivity contribution < 1.29 is 4.79 Å². The first kappa shape index (κ1) is 13.0. The summed E-state index contributed by atoms with van der Waals surface area (Å²) in [5.74, 6) is 0.345. The molecule has 0 aromatic rings. The Kier molecular flexibility index (Phi) is 4.31. The number of carbonyl (C=O) groups excluding carboxylic acids is 1. The van der Waals surface area contributed by atoms with Crippen LogP contribution >= 0.6 is 0 Å². The molecule has 0 aromatic carbocycles. The topological polar surface area (TPSA) is 56.1 Å². The van der Waals surface area contributed by atoms with E-state index in [1.807, 2.05) is 6.07 Å². The number of likely N-dealkylation sites (tertiary alicyclic amines) is 1. The van der Waals surface area contributed by atoms with Gasteiger partial charge in [-0.15, -0.1) is 0 Å². The van der Waals surface area contributed by atoms with Crippen LogP contribution < -0.4 is 5.32 Å². The number of carbonyl (C=O) groups is 1. The summed E-state index contributed by atoms with van der Waals surface area (Å²) >= 11 is 0. The second kappa shape index (κ2) is 5.31. The molecule has 0 spiro atoms. The van der Waals surface area contributed by atoms with Crippen LogP contribution in [0, 0.1) is 17.2 Å². The fourth-order valence-electron chi connectivity index (χ4n) is 2.31. The average Bonchev–Trinajstić information content (AvgIpc) is 2.17. The molecule has 0 radical (unpaired) electrons. The van der Waals surface area contributed by atoms with Gasteiger partial charge in [0.25, 0.3) is 0 Å². The minimum atomic E-state index is -0.199. The zero-order valence-corrected chi connectivity index (χ0v) is 10.4. The lowest BCUT2D eigenvalue weighted by Gasteiger charge is -2.40. The van der Waals surface area contributed by atoms with Crippen molar-refractivity contribution in [2.24, 2.45) is 5.92 Å². The Hall–Kier alpha value is -1.08. The van der Waals surface area contributed by atoms with Crippen LogP contribution in [0.15, 0.2) is 0 Å². The minimum absolute atomic E-state index is 0.0456. The van der Waals surface area contributed by atoms with E-state index >= 15 is 0 Å². The predicted molar refractivity (Wildman–Crippen MR) is 62.7 cm³/mol. The number of piperidine rings is 1. The van der Waals surface area contributed by atoms with Gasteiger partial charge in [0.15, 0.2) is 0 Å². The second-order valence-corrected chi connectivity index (χ2v) is 5.18. The van der Waals surface area contributed by atoms with Crippen molar-refractivity contribution in [2.45, 2.75) is 38.6 Å². The molecule has 4 nitrogen and oxygen atoms in total. The third-order valence-electron chi connectivity index (χ3n) is 3.44. The van der Waals surface area contributed by atoms with E-state index in [2.05, 4.69) is 31.1 Å². The van der Waals surface area contributed by atoms with Gasteiger partial charge in [-0.2, -0.15) is 5.26 Å². The van der Waals surface area contributed by atoms with Gasteiger partial charge in [-0.3, -0.25) is 4.79 Å². The number of hydrogen-bond donors (Lipinski definition) is 1. The molecule has 0 unspecified atom stereocenters. The van der Waals surface area contributed by atoms with E-state index in [1.54, 1.807) is 0 Å². The highest BCUT2D eigenvalue weighted by Crippen LogP contribution is 2.27. The fourth-order valence-corrected chi connectivity index (χ4v) is 2.31. The molecule has 1 aliphatic rings. The molecular formula is C12H21N3O. The molecular weight excluding hydrogens is 202 g/mol. The quantitative estimate of drug-likeness (QED) is 0.780. The average molecular weight is 223 g/mol. The molecule has 1 saturated heterocycles. The van der Waals surface area contributed by atoms with E-state index in [0.29, 0.717) is 5.92 Å². The van der Waals surface area contributed by atoms with Gasteiger partial charge in [0.2, 0.25) is 5.91 Å². The number of nitrogens with one attached hydrogen (secondary N) is 1. The van der Waals surface area contributed by atoms with Gasteiger partial charge in [-0.25, -0.2) is 0 Å². The summed E-state index contributed by atoms with van der Waals surface area (Å²) < 4.78 is 0. The largest absolute Gasteiger partial charge is 0.350 e. The highest BCUT2D eigenvalue weighted by Gasteiger charge is 2.32. The number of hydrogen-bond acceptors (Lipinski definition) is 3. The van der Waals surface area contributed by atoms with E-state index < -0.39 is 0 Å². The molecule has 1 rings (SSSR count). The van der Waals surface area contributed by atoms with Gasteiger partial charge >= 0.3 is 0 Å². The van der Waals surface area contributed by atoms with Crippen LogP contribution in [-0.4, -0.2) is 36.5 Å². The van der Waals surface area contributed by atoms with E-state index in [1.165, 1.54) is 0 Å². The molecule has 1 fully saturated rings. The van der Waals surface area contributed by atoms with Gasteiger partial charge in [0, 0.05) is 5.54 Å². The normalized spacial score (nSPS) is 19.1. The van der Waals surface area contributed by atoms with Crippen LogP contribution in [0.3, 0.4) is 0 Å². The number of nitriles is 1. The maximum absolute atomic E-state index is 11.4. The van der Waals surface area contributed by atoms with Gasteiger partial charge in [0.1, 0.15) is 6.42 Å². The zero-order chi connectivity index (χ0) is 12.2. The van der Waals surface area contributed by atoms with Crippen molar-refractivity contribution in [3.8, 4) is 6.07 Å². The number of rotatable bonds is 3. The van der Waals surface area contributed by atoms with Gasteiger partial charge in [-0.05, 0) is 52.7 Å².